The Labute approximate surface area is 172 Å². The van der Waals surface area contributed by atoms with Crippen LogP contribution in [-0.4, -0.2) is 68.5 Å². The molecule has 0 aliphatic carbocycles. The largest absolute Gasteiger partial charge is 0.494 e. The van der Waals surface area contributed by atoms with Crippen LogP contribution in [0.15, 0.2) is 54.6 Å². The van der Waals surface area contributed by atoms with Crippen LogP contribution in [0.1, 0.15) is 23.2 Å². The number of hydrogen-bond donors (Lipinski definition) is 0. The van der Waals surface area contributed by atoms with E-state index >= 15 is 0 Å². The number of carbonyl (C=O) groups excluding carboxylic acids is 2. The quantitative estimate of drug-likeness (QED) is 0.677. The molecule has 0 atom stereocenters. The first-order valence-electron chi connectivity index (χ1n) is 10.1. The maximum atomic E-state index is 12.7. The third-order valence-corrected chi connectivity index (χ3v) is 5.10. The first kappa shape index (κ1) is 20.7. The minimum absolute atomic E-state index is 0.0265. The maximum absolute atomic E-state index is 12.7. The number of piperazine rings is 1. The van der Waals surface area contributed by atoms with E-state index in [9.17, 15) is 9.59 Å². The fourth-order valence-corrected chi connectivity index (χ4v) is 3.33. The van der Waals surface area contributed by atoms with Crippen molar-refractivity contribution in [2.45, 2.75) is 12.8 Å². The molecule has 1 fully saturated rings. The second-order valence-electron chi connectivity index (χ2n) is 7.38. The van der Waals surface area contributed by atoms with Crippen LogP contribution < -0.4 is 9.64 Å². The van der Waals surface area contributed by atoms with Crippen molar-refractivity contribution in [1.82, 2.24) is 9.80 Å². The van der Waals surface area contributed by atoms with Crippen LogP contribution in [0.5, 0.6) is 5.75 Å². The van der Waals surface area contributed by atoms with Crippen molar-refractivity contribution in [2.75, 3.05) is 51.8 Å². The SMILES string of the molecule is CN(C)c1ccc(C(=O)N2CCN(C(=O)CCCOc3ccccc3)CC2)cc1. The van der Waals surface area contributed by atoms with Crippen LogP contribution in [-0.2, 0) is 4.79 Å². The van der Waals surface area contributed by atoms with Crippen molar-refractivity contribution >= 4 is 17.5 Å². The maximum Gasteiger partial charge on any atom is 0.253 e. The molecule has 0 spiro atoms. The molecule has 0 bridgehead atoms. The van der Waals surface area contributed by atoms with Crippen LogP contribution in [0, 0.1) is 0 Å². The van der Waals surface area contributed by atoms with Crippen LogP contribution >= 0.6 is 0 Å². The number of rotatable bonds is 7. The molecule has 0 aromatic heterocycles. The number of carbonyl (C=O) groups is 2. The van der Waals surface area contributed by atoms with Crippen LogP contribution in [0.3, 0.4) is 0 Å². The molecule has 1 aliphatic rings. The Bertz CT molecular complexity index is 798. The minimum Gasteiger partial charge on any atom is -0.494 e. The van der Waals surface area contributed by atoms with Crippen LogP contribution in [0.2, 0.25) is 0 Å². The molecule has 154 valence electrons. The van der Waals surface area contributed by atoms with Gasteiger partial charge in [0.2, 0.25) is 5.91 Å². The lowest BCUT2D eigenvalue weighted by Crippen LogP contribution is -2.50. The average Bonchev–Trinajstić information content (AvgIpc) is 2.77. The fraction of sp³-hybridized carbons (Fsp3) is 0.391. The lowest BCUT2D eigenvalue weighted by atomic mass is 10.1. The van der Waals surface area contributed by atoms with Gasteiger partial charge < -0.3 is 19.4 Å². The lowest BCUT2D eigenvalue weighted by Gasteiger charge is -2.35. The third kappa shape index (κ3) is 5.73. The highest BCUT2D eigenvalue weighted by Crippen LogP contribution is 2.15. The van der Waals surface area contributed by atoms with Crippen LogP contribution in [0.4, 0.5) is 5.69 Å². The monoisotopic (exact) mass is 395 g/mol. The zero-order valence-electron chi connectivity index (χ0n) is 17.2. The number of nitrogens with zero attached hydrogens (tertiary/aromatic N) is 3. The van der Waals surface area contributed by atoms with Gasteiger partial charge in [-0.05, 0) is 42.8 Å². The Morgan fingerprint density at radius 2 is 1.52 bits per heavy atom. The summed E-state index contributed by atoms with van der Waals surface area (Å²) in [6, 6.07) is 17.2. The summed E-state index contributed by atoms with van der Waals surface area (Å²) in [7, 11) is 3.95. The predicted molar refractivity (Wildman–Crippen MR) is 114 cm³/mol. The van der Waals surface area contributed by atoms with Crippen molar-refractivity contribution < 1.29 is 14.3 Å². The normalized spacial score (nSPS) is 13.9. The lowest BCUT2D eigenvalue weighted by molar-refractivity contribution is -0.132. The van der Waals surface area contributed by atoms with E-state index in [1.165, 1.54) is 0 Å². The topological polar surface area (TPSA) is 53.1 Å². The first-order chi connectivity index (χ1) is 14.0. The molecule has 0 unspecified atom stereocenters. The van der Waals surface area contributed by atoms with E-state index in [2.05, 4.69) is 0 Å². The fourth-order valence-electron chi connectivity index (χ4n) is 3.33. The second-order valence-corrected chi connectivity index (χ2v) is 7.38. The highest BCUT2D eigenvalue weighted by atomic mass is 16.5. The molecule has 3 rings (SSSR count). The van der Waals surface area contributed by atoms with Gasteiger partial charge in [-0.1, -0.05) is 18.2 Å². The predicted octanol–water partition coefficient (Wildman–Crippen LogP) is 2.90. The number of ether oxygens (including phenoxy) is 1. The summed E-state index contributed by atoms with van der Waals surface area (Å²) >= 11 is 0. The van der Waals surface area contributed by atoms with Gasteiger partial charge >= 0.3 is 0 Å². The number of amides is 2. The molecular weight excluding hydrogens is 366 g/mol. The highest BCUT2D eigenvalue weighted by Gasteiger charge is 2.24. The third-order valence-electron chi connectivity index (χ3n) is 5.10. The molecule has 2 aromatic rings. The van der Waals surface area contributed by atoms with Gasteiger partial charge in [-0.2, -0.15) is 0 Å². The van der Waals surface area contributed by atoms with E-state index < -0.39 is 0 Å². The van der Waals surface area contributed by atoms with Gasteiger partial charge in [0, 0.05) is 57.9 Å². The molecule has 6 heteroatoms. The van der Waals surface area contributed by atoms with E-state index in [-0.39, 0.29) is 11.8 Å². The smallest absolute Gasteiger partial charge is 0.253 e. The molecule has 1 aliphatic heterocycles. The van der Waals surface area contributed by atoms with Gasteiger partial charge in [-0.15, -0.1) is 0 Å². The van der Waals surface area contributed by atoms with E-state index in [1.807, 2.05) is 83.4 Å². The Balaban J connectivity index is 1.40. The van der Waals surface area contributed by atoms with Crippen molar-refractivity contribution in [3.05, 3.63) is 60.2 Å². The molecule has 6 nitrogen and oxygen atoms in total. The number of anilines is 1. The minimum atomic E-state index is 0.0265. The van der Waals surface area contributed by atoms with E-state index in [0.717, 1.165) is 11.4 Å². The molecule has 2 amide bonds. The Morgan fingerprint density at radius 1 is 0.897 bits per heavy atom. The van der Waals surface area contributed by atoms with Gasteiger partial charge in [0.1, 0.15) is 5.75 Å². The Hall–Kier alpha value is -3.02. The first-order valence-corrected chi connectivity index (χ1v) is 10.1. The molecule has 1 saturated heterocycles. The summed E-state index contributed by atoms with van der Waals surface area (Å²) in [4.78, 5) is 30.8. The van der Waals surface area contributed by atoms with Gasteiger partial charge in [0.25, 0.3) is 5.91 Å². The van der Waals surface area contributed by atoms with Crippen molar-refractivity contribution in [1.29, 1.82) is 0 Å². The molecule has 1 heterocycles. The Morgan fingerprint density at radius 3 is 2.14 bits per heavy atom. The number of hydrogen-bond acceptors (Lipinski definition) is 4. The van der Waals surface area contributed by atoms with E-state index in [0.29, 0.717) is 51.2 Å². The van der Waals surface area contributed by atoms with Gasteiger partial charge in [-0.25, -0.2) is 0 Å². The Kier molecular flexibility index (Phi) is 7.11. The van der Waals surface area contributed by atoms with Crippen LogP contribution in [0.25, 0.3) is 0 Å². The summed E-state index contributed by atoms with van der Waals surface area (Å²) in [5.74, 6) is 0.980. The number of para-hydroxylation sites is 1. The van der Waals surface area contributed by atoms with Crippen molar-refractivity contribution in [3.8, 4) is 5.75 Å². The van der Waals surface area contributed by atoms with Gasteiger partial charge in [0.15, 0.2) is 0 Å². The summed E-state index contributed by atoms with van der Waals surface area (Å²) in [5.41, 5.74) is 1.75. The molecule has 0 radical (unpaired) electrons. The summed E-state index contributed by atoms with van der Waals surface area (Å²) < 4.78 is 5.64. The summed E-state index contributed by atoms with van der Waals surface area (Å²) in [6.45, 7) is 2.83. The molecule has 2 aromatic carbocycles. The summed E-state index contributed by atoms with van der Waals surface area (Å²) in [5, 5.41) is 0. The molecular formula is C23H29N3O3. The van der Waals surface area contributed by atoms with E-state index in [4.69, 9.17) is 4.74 Å². The average molecular weight is 396 g/mol. The van der Waals surface area contributed by atoms with Gasteiger partial charge in [-0.3, -0.25) is 9.59 Å². The molecule has 0 N–H and O–H groups in total. The molecule has 0 saturated carbocycles. The second kappa shape index (κ2) is 9.96. The van der Waals surface area contributed by atoms with Gasteiger partial charge in [0.05, 0.1) is 6.61 Å². The number of benzene rings is 2. The summed E-state index contributed by atoms with van der Waals surface area (Å²) in [6.07, 6.45) is 1.15. The molecule has 29 heavy (non-hydrogen) atoms. The zero-order valence-corrected chi connectivity index (χ0v) is 17.2. The van der Waals surface area contributed by atoms with Crippen molar-refractivity contribution in [2.24, 2.45) is 0 Å². The van der Waals surface area contributed by atoms with E-state index in [1.54, 1.807) is 0 Å². The highest BCUT2D eigenvalue weighted by molar-refractivity contribution is 5.94. The van der Waals surface area contributed by atoms with Crippen molar-refractivity contribution in [3.63, 3.8) is 0 Å². The zero-order chi connectivity index (χ0) is 20.6. The standard InChI is InChI=1S/C23H29N3O3/c1-24(2)20-12-10-19(11-13-20)23(28)26-16-14-25(15-17-26)22(27)9-6-18-29-21-7-4-3-5-8-21/h3-5,7-8,10-13H,6,9,14-18H2,1-2H3.